The average molecular weight is 366 g/mol. The summed E-state index contributed by atoms with van der Waals surface area (Å²) in [6, 6.07) is 6.26. The molecule has 0 saturated heterocycles. The molecule has 0 spiro atoms. The van der Waals surface area contributed by atoms with Crippen molar-refractivity contribution < 1.29 is 13.5 Å². The highest BCUT2D eigenvalue weighted by Crippen LogP contribution is 2.34. The molecule has 0 aliphatic carbocycles. The van der Waals surface area contributed by atoms with Crippen LogP contribution in [0.1, 0.15) is 23.9 Å². The second-order valence-electron chi connectivity index (χ2n) is 5.48. The van der Waals surface area contributed by atoms with Gasteiger partial charge >= 0.3 is 6.01 Å². The number of halogens is 3. The van der Waals surface area contributed by atoms with Gasteiger partial charge in [-0.25, -0.2) is 23.4 Å². The van der Waals surface area contributed by atoms with Gasteiger partial charge in [0, 0.05) is 29.4 Å². The zero-order valence-corrected chi connectivity index (χ0v) is 14.2. The Bertz CT molecular complexity index is 894. The third kappa shape index (κ3) is 4.08. The number of hydrogen-bond donors (Lipinski definition) is 0. The lowest BCUT2D eigenvalue weighted by Gasteiger charge is -2.13. The van der Waals surface area contributed by atoms with Gasteiger partial charge in [-0.3, -0.25) is 0 Å². The Morgan fingerprint density at radius 3 is 2.80 bits per heavy atom. The summed E-state index contributed by atoms with van der Waals surface area (Å²) in [7, 11) is 0. The lowest BCUT2D eigenvalue weighted by Crippen LogP contribution is -2.09. The van der Waals surface area contributed by atoms with Gasteiger partial charge in [0.15, 0.2) is 0 Å². The molecule has 0 bridgehead atoms. The third-order valence-corrected chi connectivity index (χ3v) is 3.68. The van der Waals surface area contributed by atoms with E-state index >= 15 is 0 Å². The predicted octanol–water partition coefficient (Wildman–Crippen LogP) is 3.71. The van der Waals surface area contributed by atoms with E-state index in [9.17, 15) is 8.78 Å². The van der Waals surface area contributed by atoms with Crippen molar-refractivity contribution in [3.63, 3.8) is 0 Å². The summed E-state index contributed by atoms with van der Waals surface area (Å²) in [5.74, 6) is -3.05. The molecule has 1 aromatic carbocycles. The fraction of sp³-hybridized carbons (Fsp3) is 0.250. The Morgan fingerprint density at radius 2 is 2.08 bits per heavy atom. The van der Waals surface area contributed by atoms with Gasteiger partial charge in [-0.1, -0.05) is 16.8 Å². The summed E-state index contributed by atoms with van der Waals surface area (Å²) in [5, 5.41) is 7.88. The molecule has 3 aromatic rings. The van der Waals surface area contributed by atoms with Crippen LogP contribution in [0.5, 0.6) is 6.01 Å². The van der Waals surface area contributed by atoms with E-state index in [4.69, 9.17) is 16.3 Å². The first-order valence-electron chi connectivity index (χ1n) is 7.35. The van der Waals surface area contributed by atoms with E-state index in [0.29, 0.717) is 11.4 Å². The number of ether oxygens (including phenoxy) is 1. The first-order valence-corrected chi connectivity index (χ1v) is 7.72. The summed E-state index contributed by atoms with van der Waals surface area (Å²) in [6.45, 7) is 2.72. The lowest BCUT2D eigenvalue weighted by molar-refractivity contribution is 0.0176. The van der Waals surface area contributed by atoms with Gasteiger partial charge in [-0.05, 0) is 31.2 Å². The summed E-state index contributed by atoms with van der Waals surface area (Å²) in [5.41, 5.74) is 1.44. The number of aryl methyl sites for hydroxylation is 1. The van der Waals surface area contributed by atoms with Gasteiger partial charge in [-0.2, -0.15) is 0 Å². The average Bonchev–Trinajstić information content (AvgIpc) is 3.01. The molecule has 2 heterocycles. The highest BCUT2D eigenvalue weighted by Gasteiger charge is 2.27. The predicted molar refractivity (Wildman–Crippen MR) is 87.0 cm³/mol. The quantitative estimate of drug-likeness (QED) is 0.689. The molecule has 0 saturated carbocycles. The summed E-state index contributed by atoms with van der Waals surface area (Å²) in [4.78, 5) is 8.10. The summed E-state index contributed by atoms with van der Waals surface area (Å²) >= 11 is 5.84. The molecule has 3 rings (SSSR count). The summed E-state index contributed by atoms with van der Waals surface area (Å²) in [6.07, 6.45) is 3.17. The SMILES string of the molecule is Cc1ccnc(OCc2cn(-c3ccc(Cl)c(C(C)(F)F)c3)nn2)n1. The normalized spacial score (nSPS) is 11.6. The van der Waals surface area contributed by atoms with Crippen molar-refractivity contribution >= 4 is 11.6 Å². The van der Waals surface area contributed by atoms with Crippen molar-refractivity contribution in [1.29, 1.82) is 0 Å². The Morgan fingerprint density at radius 1 is 1.28 bits per heavy atom. The maximum Gasteiger partial charge on any atom is 0.316 e. The minimum absolute atomic E-state index is 0.00322. The lowest BCUT2D eigenvalue weighted by atomic mass is 10.1. The van der Waals surface area contributed by atoms with Gasteiger partial charge in [0.1, 0.15) is 12.3 Å². The number of hydrogen-bond acceptors (Lipinski definition) is 5. The fourth-order valence-electron chi connectivity index (χ4n) is 2.12. The van der Waals surface area contributed by atoms with Crippen LogP contribution in [0.2, 0.25) is 5.02 Å². The van der Waals surface area contributed by atoms with E-state index in [1.807, 2.05) is 6.92 Å². The topological polar surface area (TPSA) is 65.7 Å². The van der Waals surface area contributed by atoms with E-state index in [1.54, 1.807) is 24.5 Å². The smallest absolute Gasteiger partial charge is 0.316 e. The first kappa shape index (κ1) is 17.2. The van der Waals surface area contributed by atoms with Crippen LogP contribution in [-0.2, 0) is 12.5 Å². The van der Waals surface area contributed by atoms with Crippen LogP contribution in [-0.4, -0.2) is 25.0 Å². The molecule has 9 heteroatoms. The highest BCUT2D eigenvalue weighted by atomic mass is 35.5. The van der Waals surface area contributed by atoms with Crippen LogP contribution in [0.3, 0.4) is 0 Å². The molecule has 0 aliphatic heterocycles. The van der Waals surface area contributed by atoms with Crippen molar-refractivity contribution in [3.8, 4) is 11.7 Å². The monoisotopic (exact) mass is 365 g/mol. The summed E-state index contributed by atoms with van der Waals surface area (Å²) < 4.78 is 34.0. The van der Waals surface area contributed by atoms with Crippen LogP contribution in [0.4, 0.5) is 8.78 Å². The van der Waals surface area contributed by atoms with Gasteiger partial charge in [-0.15, -0.1) is 5.10 Å². The second kappa shape index (κ2) is 6.72. The molecule has 0 atom stereocenters. The van der Waals surface area contributed by atoms with Crippen LogP contribution in [0.25, 0.3) is 5.69 Å². The standard InChI is InChI=1S/C16H14ClF2N5O/c1-10-5-6-20-15(21-10)25-9-11-8-24(23-22-11)12-3-4-14(17)13(7-12)16(2,18)19/h3-8H,9H2,1-2H3. The molecule has 0 radical (unpaired) electrons. The van der Waals surface area contributed by atoms with Gasteiger partial charge < -0.3 is 4.74 Å². The third-order valence-electron chi connectivity index (χ3n) is 3.35. The minimum Gasteiger partial charge on any atom is -0.457 e. The van der Waals surface area contributed by atoms with Crippen molar-refractivity contribution in [2.75, 3.05) is 0 Å². The molecule has 130 valence electrons. The van der Waals surface area contributed by atoms with Gasteiger partial charge in [0.2, 0.25) is 0 Å². The van der Waals surface area contributed by atoms with Crippen molar-refractivity contribution in [2.45, 2.75) is 26.4 Å². The number of aromatic nitrogens is 5. The van der Waals surface area contributed by atoms with E-state index in [0.717, 1.165) is 12.6 Å². The molecule has 6 nitrogen and oxygen atoms in total. The molecule has 0 aliphatic rings. The second-order valence-corrected chi connectivity index (χ2v) is 5.88. The van der Waals surface area contributed by atoms with Gasteiger partial charge in [0.05, 0.1) is 11.9 Å². The van der Waals surface area contributed by atoms with Gasteiger partial charge in [0.25, 0.3) is 5.92 Å². The molecular formula is C16H14ClF2N5O. The zero-order valence-electron chi connectivity index (χ0n) is 13.4. The fourth-order valence-corrected chi connectivity index (χ4v) is 2.40. The van der Waals surface area contributed by atoms with Crippen molar-refractivity contribution in [2.24, 2.45) is 0 Å². The molecule has 25 heavy (non-hydrogen) atoms. The Hall–Kier alpha value is -2.61. The largest absolute Gasteiger partial charge is 0.457 e. The van der Waals surface area contributed by atoms with Crippen LogP contribution < -0.4 is 4.74 Å². The minimum atomic E-state index is -3.05. The van der Waals surface area contributed by atoms with E-state index < -0.39 is 5.92 Å². The molecule has 0 amide bonds. The number of nitrogens with zero attached hydrogens (tertiary/aromatic N) is 5. The Kier molecular flexibility index (Phi) is 4.63. The molecule has 0 N–H and O–H groups in total. The molecule has 0 fully saturated rings. The maximum atomic E-state index is 13.6. The molecular weight excluding hydrogens is 352 g/mol. The van der Waals surface area contributed by atoms with Crippen LogP contribution in [0.15, 0.2) is 36.7 Å². The maximum absolute atomic E-state index is 13.6. The van der Waals surface area contributed by atoms with E-state index in [2.05, 4.69) is 20.3 Å². The van der Waals surface area contributed by atoms with E-state index in [-0.39, 0.29) is 23.2 Å². The van der Waals surface area contributed by atoms with Crippen LogP contribution >= 0.6 is 11.6 Å². The number of alkyl halides is 2. The number of benzene rings is 1. The van der Waals surface area contributed by atoms with E-state index in [1.165, 1.54) is 16.8 Å². The number of rotatable bonds is 5. The molecule has 0 unspecified atom stereocenters. The first-order chi connectivity index (χ1) is 11.8. The molecule has 2 aromatic heterocycles. The van der Waals surface area contributed by atoms with Crippen molar-refractivity contribution in [3.05, 3.63) is 58.6 Å². The highest BCUT2D eigenvalue weighted by molar-refractivity contribution is 6.31. The van der Waals surface area contributed by atoms with Crippen LogP contribution in [0, 0.1) is 6.92 Å². The van der Waals surface area contributed by atoms with Crippen molar-refractivity contribution in [1.82, 2.24) is 25.0 Å². The Labute approximate surface area is 147 Å². The zero-order chi connectivity index (χ0) is 18.0. The Balaban J connectivity index is 1.77.